The minimum atomic E-state index is -0.273. The maximum atomic E-state index is 13.7. The molecule has 6 nitrogen and oxygen atoms in total. The van der Waals surface area contributed by atoms with E-state index in [0.717, 1.165) is 68.1 Å². The standard InChI is InChI=1S/C29H35F2N5O/c1-32-28-26(21-4-8-24(30)9-5-21)29(34-20-33-28)36-16-12-23(13-17-36)27(22-6-10-25(31)11-7-22)37-19-18-35-14-2-3-15-35/h4-11,20,23,27H,2-3,12-19H2,1H3,(H,32,33,34). The van der Waals surface area contributed by atoms with Gasteiger partial charge < -0.3 is 19.9 Å². The minimum absolute atomic E-state index is 0.0693. The maximum Gasteiger partial charge on any atom is 0.142 e. The van der Waals surface area contributed by atoms with Crippen LogP contribution in [-0.4, -0.2) is 61.2 Å². The summed E-state index contributed by atoms with van der Waals surface area (Å²) in [6.07, 6.45) is 5.88. The van der Waals surface area contributed by atoms with Crippen molar-refractivity contribution in [2.45, 2.75) is 31.8 Å². The number of piperidine rings is 1. The summed E-state index contributed by atoms with van der Waals surface area (Å²) >= 11 is 0. The quantitative estimate of drug-likeness (QED) is 0.411. The Morgan fingerprint density at radius 1 is 0.919 bits per heavy atom. The van der Waals surface area contributed by atoms with Crippen molar-refractivity contribution >= 4 is 11.6 Å². The van der Waals surface area contributed by atoms with Crippen LogP contribution >= 0.6 is 0 Å². The summed E-state index contributed by atoms with van der Waals surface area (Å²) in [6.45, 7) is 5.53. The molecule has 0 radical (unpaired) electrons. The van der Waals surface area contributed by atoms with Crippen LogP contribution in [0.15, 0.2) is 54.9 Å². The van der Waals surface area contributed by atoms with Gasteiger partial charge in [0.15, 0.2) is 0 Å². The van der Waals surface area contributed by atoms with E-state index >= 15 is 0 Å². The molecule has 1 atom stereocenters. The summed E-state index contributed by atoms with van der Waals surface area (Å²) in [6, 6.07) is 13.2. The molecule has 5 rings (SSSR count). The molecule has 8 heteroatoms. The number of hydrogen-bond acceptors (Lipinski definition) is 6. The van der Waals surface area contributed by atoms with E-state index in [9.17, 15) is 8.78 Å². The minimum Gasteiger partial charge on any atom is -0.372 e. The lowest BCUT2D eigenvalue weighted by Gasteiger charge is -2.37. The first-order chi connectivity index (χ1) is 18.1. The number of rotatable bonds is 9. The van der Waals surface area contributed by atoms with Crippen molar-refractivity contribution in [3.8, 4) is 11.1 Å². The summed E-state index contributed by atoms with van der Waals surface area (Å²) in [5.74, 6) is 1.38. The Bertz CT molecular complexity index is 1140. The molecule has 37 heavy (non-hydrogen) atoms. The molecule has 0 saturated carbocycles. The Morgan fingerprint density at radius 2 is 1.57 bits per heavy atom. The van der Waals surface area contributed by atoms with Gasteiger partial charge in [-0.25, -0.2) is 18.7 Å². The van der Waals surface area contributed by atoms with Crippen LogP contribution in [0.3, 0.4) is 0 Å². The topological polar surface area (TPSA) is 53.5 Å². The average molecular weight is 508 g/mol. The van der Waals surface area contributed by atoms with Crippen LogP contribution in [0.25, 0.3) is 11.1 Å². The van der Waals surface area contributed by atoms with E-state index in [-0.39, 0.29) is 17.7 Å². The van der Waals surface area contributed by atoms with Crippen LogP contribution in [0.5, 0.6) is 0 Å². The molecule has 2 saturated heterocycles. The van der Waals surface area contributed by atoms with Gasteiger partial charge in [0.25, 0.3) is 0 Å². The molecule has 196 valence electrons. The van der Waals surface area contributed by atoms with E-state index in [1.165, 1.54) is 37.1 Å². The van der Waals surface area contributed by atoms with Gasteiger partial charge in [-0.05, 0) is 80.1 Å². The second-order valence-corrected chi connectivity index (χ2v) is 9.89. The Labute approximate surface area is 217 Å². The van der Waals surface area contributed by atoms with Gasteiger partial charge in [0.1, 0.15) is 29.6 Å². The number of nitrogens with one attached hydrogen (secondary N) is 1. The fraction of sp³-hybridized carbons (Fsp3) is 0.448. The monoisotopic (exact) mass is 507 g/mol. The third-order valence-corrected chi connectivity index (χ3v) is 7.57. The summed E-state index contributed by atoms with van der Waals surface area (Å²) in [4.78, 5) is 13.8. The number of likely N-dealkylation sites (tertiary alicyclic amines) is 1. The zero-order chi connectivity index (χ0) is 25.6. The van der Waals surface area contributed by atoms with Crippen LogP contribution in [0.4, 0.5) is 20.4 Å². The van der Waals surface area contributed by atoms with Crippen molar-refractivity contribution in [2.24, 2.45) is 5.92 Å². The van der Waals surface area contributed by atoms with Crippen LogP contribution in [0, 0.1) is 17.6 Å². The van der Waals surface area contributed by atoms with E-state index in [0.29, 0.717) is 18.3 Å². The van der Waals surface area contributed by atoms with Gasteiger partial charge in [-0.15, -0.1) is 0 Å². The first-order valence-corrected chi connectivity index (χ1v) is 13.3. The molecule has 2 aliphatic rings. The molecule has 0 amide bonds. The van der Waals surface area contributed by atoms with Crippen molar-refractivity contribution in [3.63, 3.8) is 0 Å². The highest BCUT2D eigenvalue weighted by atomic mass is 19.1. The second-order valence-electron chi connectivity index (χ2n) is 9.89. The highest BCUT2D eigenvalue weighted by Crippen LogP contribution is 2.39. The number of halogens is 2. The summed E-state index contributed by atoms with van der Waals surface area (Å²) in [5, 5.41) is 3.16. The Kier molecular flexibility index (Phi) is 8.26. The molecule has 0 aliphatic carbocycles. The summed E-state index contributed by atoms with van der Waals surface area (Å²) < 4.78 is 33.8. The zero-order valence-corrected chi connectivity index (χ0v) is 21.4. The fourth-order valence-corrected chi connectivity index (χ4v) is 5.57. The lowest BCUT2D eigenvalue weighted by molar-refractivity contribution is -0.00518. The Morgan fingerprint density at radius 3 is 2.22 bits per heavy atom. The van der Waals surface area contributed by atoms with Crippen LogP contribution in [0.1, 0.15) is 37.4 Å². The third-order valence-electron chi connectivity index (χ3n) is 7.57. The number of anilines is 2. The molecule has 1 N–H and O–H groups in total. The van der Waals surface area contributed by atoms with Crippen molar-refractivity contribution in [1.29, 1.82) is 0 Å². The Hall–Kier alpha value is -3.10. The van der Waals surface area contributed by atoms with Gasteiger partial charge in [0, 0.05) is 26.7 Å². The largest absolute Gasteiger partial charge is 0.372 e. The number of benzene rings is 2. The molecule has 2 aromatic carbocycles. The van der Waals surface area contributed by atoms with Gasteiger partial charge in [0.05, 0.1) is 18.3 Å². The Balaban J connectivity index is 1.32. The third kappa shape index (κ3) is 6.08. The number of hydrogen-bond donors (Lipinski definition) is 1. The number of aromatic nitrogens is 2. The van der Waals surface area contributed by atoms with E-state index in [2.05, 4.69) is 25.1 Å². The summed E-state index contributed by atoms with van der Waals surface area (Å²) in [7, 11) is 1.83. The highest BCUT2D eigenvalue weighted by Gasteiger charge is 2.31. The molecule has 2 aliphatic heterocycles. The first-order valence-electron chi connectivity index (χ1n) is 13.3. The number of ether oxygens (including phenoxy) is 1. The van der Waals surface area contributed by atoms with Crippen molar-refractivity contribution in [1.82, 2.24) is 14.9 Å². The van der Waals surface area contributed by atoms with Crippen molar-refractivity contribution < 1.29 is 13.5 Å². The predicted molar refractivity (Wildman–Crippen MR) is 143 cm³/mol. The van der Waals surface area contributed by atoms with E-state index in [4.69, 9.17) is 4.74 Å². The van der Waals surface area contributed by atoms with Crippen LogP contribution in [-0.2, 0) is 4.74 Å². The molecule has 3 aromatic rings. The number of nitrogens with zero attached hydrogens (tertiary/aromatic N) is 4. The molecule has 2 fully saturated rings. The highest BCUT2D eigenvalue weighted by molar-refractivity contribution is 5.85. The van der Waals surface area contributed by atoms with Gasteiger partial charge in [0.2, 0.25) is 0 Å². The molecule has 0 bridgehead atoms. The molecule has 0 spiro atoms. The van der Waals surface area contributed by atoms with E-state index in [1.807, 2.05) is 19.2 Å². The molecule has 1 aromatic heterocycles. The second kappa shape index (κ2) is 12.0. The van der Waals surface area contributed by atoms with Crippen molar-refractivity contribution in [2.75, 3.05) is 56.6 Å². The predicted octanol–water partition coefficient (Wildman–Crippen LogP) is 5.53. The van der Waals surface area contributed by atoms with Gasteiger partial charge in [-0.1, -0.05) is 24.3 Å². The maximum absolute atomic E-state index is 13.7. The van der Waals surface area contributed by atoms with Crippen LogP contribution in [0.2, 0.25) is 0 Å². The van der Waals surface area contributed by atoms with E-state index < -0.39 is 0 Å². The van der Waals surface area contributed by atoms with Crippen molar-refractivity contribution in [3.05, 3.63) is 72.1 Å². The van der Waals surface area contributed by atoms with Gasteiger partial charge in [-0.3, -0.25) is 0 Å². The zero-order valence-electron chi connectivity index (χ0n) is 21.4. The smallest absolute Gasteiger partial charge is 0.142 e. The lowest BCUT2D eigenvalue weighted by atomic mass is 9.87. The molecular weight excluding hydrogens is 472 g/mol. The lowest BCUT2D eigenvalue weighted by Crippen LogP contribution is -2.37. The van der Waals surface area contributed by atoms with Gasteiger partial charge >= 0.3 is 0 Å². The fourth-order valence-electron chi connectivity index (χ4n) is 5.57. The van der Waals surface area contributed by atoms with E-state index in [1.54, 1.807) is 18.5 Å². The van der Waals surface area contributed by atoms with Gasteiger partial charge in [-0.2, -0.15) is 0 Å². The van der Waals surface area contributed by atoms with Crippen LogP contribution < -0.4 is 10.2 Å². The summed E-state index contributed by atoms with van der Waals surface area (Å²) in [5.41, 5.74) is 2.78. The molecular formula is C29H35F2N5O. The SMILES string of the molecule is CNc1ncnc(N2CCC(C(OCCN3CCCC3)c3ccc(F)cc3)CC2)c1-c1ccc(F)cc1. The average Bonchev–Trinajstić information content (AvgIpc) is 3.46. The molecule has 1 unspecified atom stereocenters. The molecule has 3 heterocycles. The first kappa shape index (κ1) is 25.5. The normalized spacial score (nSPS) is 17.8.